The van der Waals surface area contributed by atoms with E-state index in [0.717, 1.165) is 13.0 Å². The van der Waals surface area contributed by atoms with Crippen molar-refractivity contribution in [3.63, 3.8) is 0 Å². The molecule has 0 bridgehead atoms. The predicted octanol–water partition coefficient (Wildman–Crippen LogP) is 1.12. The van der Waals surface area contributed by atoms with Crippen LogP contribution in [-0.2, 0) is 4.74 Å². The highest BCUT2D eigenvalue weighted by Gasteiger charge is 2.20. The molecule has 80 valence electrons. The lowest BCUT2D eigenvalue weighted by Gasteiger charge is -2.34. The van der Waals surface area contributed by atoms with Gasteiger partial charge >= 0.3 is 0 Å². The fraction of sp³-hybridized carbons (Fsp3) is 1.00. The maximum absolute atomic E-state index is 8.50. The zero-order valence-corrected chi connectivity index (χ0v) is 9.34. The molecule has 3 heteroatoms. The van der Waals surface area contributed by atoms with E-state index in [1.807, 2.05) is 0 Å². The van der Waals surface area contributed by atoms with Gasteiger partial charge in [0.25, 0.3) is 0 Å². The van der Waals surface area contributed by atoms with E-state index in [1.54, 1.807) is 0 Å². The van der Waals surface area contributed by atoms with E-state index in [0.29, 0.717) is 13.2 Å². The number of hydrogen-bond donors (Lipinski definition) is 1. The highest BCUT2D eigenvalue weighted by Crippen LogP contribution is 2.15. The standard InChI is InChI=1S/C10H23NO2/c1-5-10(2,3)11(4)6-8-13-9-7-12/h12H,5-9H2,1-4H3. The van der Waals surface area contributed by atoms with Crippen molar-refractivity contribution in [3.05, 3.63) is 0 Å². The van der Waals surface area contributed by atoms with Gasteiger partial charge in [-0.25, -0.2) is 0 Å². The van der Waals surface area contributed by atoms with Crippen molar-refractivity contribution in [2.75, 3.05) is 33.4 Å². The Morgan fingerprint density at radius 3 is 2.38 bits per heavy atom. The van der Waals surface area contributed by atoms with Gasteiger partial charge in [0.15, 0.2) is 0 Å². The van der Waals surface area contributed by atoms with Crippen molar-refractivity contribution in [3.8, 4) is 0 Å². The molecule has 0 aliphatic carbocycles. The van der Waals surface area contributed by atoms with Gasteiger partial charge in [0.05, 0.1) is 19.8 Å². The van der Waals surface area contributed by atoms with Crippen molar-refractivity contribution in [1.82, 2.24) is 4.90 Å². The number of aliphatic hydroxyl groups is 1. The molecular weight excluding hydrogens is 166 g/mol. The van der Waals surface area contributed by atoms with Gasteiger partial charge in [0, 0.05) is 12.1 Å². The Kier molecular flexibility index (Phi) is 6.29. The summed E-state index contributed by atoms with van der Waals surface area (Å²) in [5, 5.41) is 8.50. The first-order valence-electron chi connectivity index (χ1n) is 4.94. The van der Waals surface area contributed by atoms with Crippen LogP contribution in [0.2, 0.25) is 0 Å². The summed E-state index contributed by atoms with van der Waals surface area (Å²) < 4.78 is 5.20. The summed E-state index contributed by atoms with van der Waals surface area (Å²) in [5.41, 5.74) is 0.239. The average Bonchev–Trinajstić information content (AvgIpc) is 2.12. The van der Waals surface area contributed by atoms with Crippen molar-refractivity contribution in [1.29, 1.82) is 0 Å². The van der Waals surface area contributed by atoms with Crippen LogP contribution in [0.25, 0.3) is 0 Å². The molecule has 0 rings (SSSR count). The van der Waals surface area contributed by atoms with E-state index < -0.39 is 0 Å². The molecule has 1 N–H and O–H groups in total. The lowest BCUT2D eigenvalue weighted by molar-refractivity contribution is 0.0543. The normalized spacial score (nSPS) is 12.5. The van der Waals surface area contributed by atoms with E-state index in [4.69, 9.17) is 9.84 Å². The molecule has 0 aromatic heterocycles. The third-order valence-corrected chi connectivity index (χ3v) is 2.71. The topological polar surface area (TPSA) is 32.7 Å². The Bertz CT molecular complexity index is 126. The molecule has 0 saturated heterocycles. The number of aliphatic hydroxyl groups excluding tert-OH is 1. The van der Waals surface area contributed by atoms with Crippen LogP contribution < -0.4 is 0 Å². The highest BCUT2D eigenvalue weighted by atomic mass is 16.5. The Morgan fingerprint density at radius 2 is 1.92 bits per heavy atom. The zero-order chi connectivity index (χ0) is 10.3. The van der Waals surface area contributed by atoms with E-state index >= 15 is 0 Å². The van der Waals surface area contributed by atoms with Gasteiger partial charge < -0.3 is 9.84 Å². The second-order valence-electron chi connectivity index (χ2n) is 3.92. The van der Waals surface area contributed by atoms with Crippen LogP contribution in [0, 0.1) is 0 Å². The van der Waals surface area contributed by atoms with Gasteiger partial charge in [0.1, 0.15) is 0 Å². The monoisotopic (exact) mass is 189 g/mol. The summed E-state index contributed by atoms with van der Waals surface area (Å²) in [6.45, 7) is 8.80. The van der Waals surface area contributed by atoms with Gasteiger partial charge in [-0.3, -0.25) is 4.90 Å². The van der Waals surface area contributed by atoms with Crippen LogP contribution in [0.1, 0.15) is 27.2 Å². The number of nitrogens with zero attached hydrogens (tertiary/aromatic N) is 1. The minimum Gasteiger partial charge on any atom is -0.394 e. The summed E-state index contributed by atoms with van der Waals surface area (Å²) >= 11 is 0. The summed E-state index contributed by atoms with van der Waals surface area (Å²) in [7, 11) is 2.10. The quantitative estimate of drug-likeness (QED) is 0.609. The summed E-state index contributed by atoms with van der Waals surface area (Å²) in [6, 6.07) is 0. The smallest absolute Gasteiger partial charge is 0.0698 e. The first-order chi connectivity index (χ1) is 6.04. The van der Waals surface area contributed by atoms with Gasteiger partial charge in [-0.1, -0.05) is 6.92 Å². The Morgan fingerprint density at radius 1 is 1.31 bits per heavy atom. The molecule has 13 heavy (non-hydrogen) atoms. The summed E-state index contributed by atoms with van der Waals surface area (Å²) in [6.07, 6.45) is 1.13. The lowest BCUT2D eigenvalue weighted by Crippen LogP contribution is -2.42. The minimum absolute atomic E-state index is 0.112. The highest BCUT2D eigenvalue weighted by molar-refractivity contribution is 4.76. The molecule has 0 spiro atoms. The fourth-order valence-corrected chi connectivity index (χ4v) is 0.941. The molecular formula is C10H23NO2. The zero-order valence-electron chi connectivity index (χ0n) is 9.34. The number of hydrogen-bond acceptors (Lipinski definition) is 3. The molecule has 0 saturated carbocycles. The van der Waals surface area contributed by atoms with E-state index in [1.165, 1.54) is 0 Å². The van der Waals surface area contributed by atoms with Crippen LogP contribution in [0.4, 0.5) is 0 Å². The van der Waals surface area contributed by atoms with Crippen LogP contribution in [0.5, 0.6) is 0 Å². The third kappa shape index (κ3) is 5.24. The molecule has 0 unspecified atom stereocenters. The van der Waals surface area contributed by atoms with E-state index in [2.05, 4.69) is 32.7 Å². The number of likely N-dealkylation sites (N-methyl/N-ethyl adjacent to an activating group) is 1. The van der Waals surface area contributed by atoms with Gasteiger partial charge in [-0.05, 0) is 27.3 Å². The molecule has 0 aliphatic rings. The molecule has 0 radical (unpaired) electrons. The average molecular weight is 189 g/mol. The first kappa shape index (κ1) is 12.9. The lowest BCUT2D eigenvalue weighted by atomic mass is 10.0. The molecule has 0 atom stereocenters. The number of rotatable bonds is 7. The van der Waals surface area contributed by atoms with Gasteiger partial charge in [-0.2, -0.15) is 0 Å². The molecule has 0 aromatic rings. The van der Waals surface area contributed by atoms with Gasteiger partial charge in [0.2, 0.25) is 0 Å². The minimum atomic E-state index is 0.112. The van der Waals surface area contributed by atoms with Crippen LogP contribution in [0.15, 0.2) is 0 Å². The van der Waals surface area contributed by atoms with Crippen LogP contribution >= 0.6 is 0 Å². The second kappa shape index (κ2) is 6.35. The Balaban J connectivity index is 3.55. The van der Waals surface area contributed by atoms with Crippen molar-refractivity contribution < 1.29 is 9.84 Å². The predicted molar refractivity (Wildman–Crippen MR) is 54.9 cm³/mol. The largest absolute Gasteiger partial charge is 0.394 e. The summed E-state index contributed by atoms with van der Waals surface area (Å²) in [4.78, 5) is 2.28. The summed E-state index contributed by atoms with van der Waals surface area (Å²) in [5.74, 6) is 0. The molecule has 0 amide bonds. The molecule has 0 aromatic carbocycles. The molecule has 3 nitrogen and oxygen atoms in total. The van der Waals surface area contributed by atoms with Crippen LogP contribution in [0.3, 0.4) is 0 Å². The van der Waals surface area contributed by atoms with E-state index in [-0.39, 0.29) is 12.1 Å². The second-order valence-corrected chi connectivity index (χ2v) is 3.92. The Labute approximate surface area is 81.7 Å². The molecule has 0 heterocycles. The van der Waals surface area contributed by atoms with E-state index in [9.17, 15) is 0 Å². The van der Waals surface area contributed by atoms with Crippen LogP contribution in [-0.4, -0.2) is 49.0 Å². The molecule has 0 aliphatic heterocycles. The van der Waals surface area contributed by atoms with Gasteiger partial charge in [-0.15, -0.1) is 0 Å². The fourth-order valence-electron chi connectivity index (χ4n) is 0.941. The van der Waals surface area contributed by atoms with Crippen molar-refractivity contribution >= 4 is 0 Å². The third-order valence-electron chi connectivity index (χ3n) is 2.71. The van der Waals surface area contributed by atoms with Crippen molar-refractivity contribution in [2.45, 2.75) is 32.7 Å². The number of ether oxygens (including phenoxy) is 1. The first-order valence-corrected chi connectivity index (χ1v) is 4.94. The SMILES string of the molecule is CCC(C)(C)N(C)CCOCCO. The maximum Gasteiger partial charge on any atom is 0.0698 e. The molecule has 0 fully saturated rings. The Hall–Kier alpha value is -0.120. The van der Waals surface area contributed by atoms with Crippen molar-refractivity contribution in [2.24, 2.45) is 0 Å². The maximum atomic E-state index is 8.50.